The van der Waals surface area contributed by atoms with Crippen LogP contribution in [0.4, 0.5) is 26.3 Å². The van der Waals surface area contributed by atoms with Crippen molar-refractivity contribution in [2.75, 3.05) is 0 Å². The van der Waals surface area contributed by atoms with Gasteiger partial charge in [0.15, 0.2) is 0 Å². The van der Waals surface area contributed by atoms with Crippen molar-refractivity contribution >= 4 is 47.7 Å². The number of halogens is 6. The van der Waals surface area contributed by atoms with Gasteiger partial charge in [-0.3, -0.25) is 0 Å². The monoisotopic (exact) mass is 843 g/mol. The van der Waals surface area contributed by atoms with Gasteiger partial charge in [0.05, 0.1) is 0 Å². The van der Waals surface area contributed by atoms with E-state index in [-0.39, 0.29) is 26.5 Å². The minimum absolute atomic E-state index is 0. The molecule has 0 spiro atoms. The Bertz CT molecular complexity index is 1710. The Morgan fingerprint density at radius 3 is 0.679 bits per heavy atom. The van der Waals surface area contributed by atoms with Crippen LogP contribution in [0.3, 0.4) is 0 Å². The quantitative estimate of drug-likeness (QED) is 0.0677. The Morgan fingerprint density at radius 2 is 0.509 bits per heavy atom. The largest absolute Gasteiger partial charge is 0.370 e. The summed E-state index contributed by atoms with van der Waals surface area (Å²) in [6.07, 6.45) is -9.56. The van der Waals surface area contributed by atoms with Crippen LogP contribution in [0.25, 0.3) is 0 Å². The first kappa shape index (κ1) is 41.4. The van der Waals surface area contributed by atoms with Crippen molar-refractivity contribution in [2.24, 2.45) is 0 Å². The second-order valence-electron chi connectivity index (χ2n) is 11.2. The third-order valence-electron chi connectivity index (χ3n) is 7.53. The topological polar surface area (TPSA) is 0 Å². The number of benzene rings is 7. The van der Waals surface area contributed by atoms with Gasteiger partial charge >= 0.3 is 12.4 Å². The van der Waals surface area contributed by atoms with Crippen molar-refractivity contribution in [3.8, 4) is 0 Å². The van der Waals surface area contributed by atoms with Crippen LogP contribution in [0.1, 0.15) is 11.1 Å². The molecule has 0 N–H and O–H groups in total. The van der Waals surface area contributed by atoms with Gasteiger partial charge in [0.2, 0.25) is 0 Å². The summed E-state index contributed by atoms with van der Waals surface area (Å²) in [7, 11) is -0.892. The molecule has 0 fully saturated rings. The normalized spacial score (nSPS) is 11.0. The zero-order valence-electron chi connectivity index (χ0n) is 28.0. The van der Waals surface area contributed by atoms with E-state index in [0.29, 0.717) is 12.1 Å². The molecule has 0 aliphatic rings. The van der Waals surface area contributed by atoms with Crippen molar-refractivity contribution in [1.82, 2.24) is 0 Å². The van der Waals surface area contributed by atoms with E-state index in [0.717, 1.165) is 0 Å². The number of rotatable bonds is 6. The molecule has 53 heavy (non-hydrogen) atoms. The van der Waals surface area contributed by atoms with Crippen LogP contribution in [0.2, 0.25) is 0 Å². The molecular formula is C44H33F6P2Pd-. The zero-order chi connectivity index (χ0) is 36.8. The molecule has 0 heterocycles. The first-order valence-electron chi connectivity index (χ1n) is 16.2. The predicted octanol–water partition coefficient (Wildman–Crippen LogP) is 10.4. The van der Waals surface area contributed by atoms with E-state index in [1.165, 1.54) is 31.8 Å². The van der Waals surface area contributed by atoms with E-state index < -0.39 is 39.3 Å². The van der Waals surface area contributed by atoms with Crippen molar-refractivity contribution < 1.29 is 46.8 Å². The van der Waals surface area contributed by atoms with Crippen molar-refractivity contribution in [3.05, 3.63) is 217 Å². The van der Waals surface area contributed by atoms with Gasteiger partial charge in [-0.15, -0.1) is 6.07 Å². The van der Waals surface area contributed by atoms with Crippen LogP contribution in [0.15, 0.2) is 200 Å². The van der Waals surface area contributed by atoms with Crippen LogP contribution >= 0.6 is 15.8 Å². The van der Waals surface area contributed by atoms with E-state index in [2.05, 4.69) is 182 Å². The Morgan fingerprint density at radius 1 is 0.321 bits per heavy atom. The maximum Gasteiger partial charge on any atom is 0.370 e. The molecule has 7 aromatic rings. The van der Waals surface area contributed by atoms with E-state index in [1.807, 2.05) is 0 Å². The fourth-order valence-electron chi connectivity index (χ4n) is 5.16. The standard InChI is InChI=1S/2C18H15P.C8H3F6.Pd/c2*1-4-10-16(11-5-1)19(17-12-6-2-7-13-17)18-14-8-3-9-15-18;9-7(10,11)5-2-1-3-6(4-5)8(12,13)14;/h2*1-15H;2-4H;/q;;-1;. The van der Waals surface area contributed by atoms with E-state index in [4.69, 9.17) is 0 Å². The number of hydrogen-bond acceptors (Lipinski definition) is 0. The molecule has 9 heteroatoms. The maximum absolute atomic E-state index is 12.0. The van der Waals surface area contributed by atoms with Crippen LogP contribution in [-0.4, -0.2) is 0 Å². The minimum atomic E-state index is -4.78. The van der Waals surface area contributed by atoms with E-state index in [1.54, 1.807) is 6.07 Å². The molecule has 0 aliphatic heterocycles. The fraction of sp³-hybridized carbons (Fsp3) is 0.0455. The third kappa shape index (κ3) is 12.4. The van der Waals surface area contributed by atoms with Crippen LogP contribution < -0.4 is 31.8 Å². The van der Waals surface area contributed by atoms with Gasteiger partial charge < -0.3 is 0 Å². The second-order valence-corrected chi connectivity index (χ2v) is 15.6. The SMILES string of the molecule is FC(F)(F)c1c[c-]cc(C(F)(F)F)c1.[Pd].c1ccc(P(c2ccccc2)c2ccccc2)cc1.c1ccc(P(c2ccccc2)c2ccccc2)cc1. The molecule has 0 saturated heterocycles. The molecule has 0 saturated carbocycles. The first-order chi connectivity index (χ1) is 25.1. The fourth-order valence-corrected chi connectivity index (χ4v) is 9.77. The van der Waals surface area contributed by atoms with Crippen molar-refractivity contribution in [2.45, 2.75) is 12.4 Å². The molecule has 0 unspecified atom stereocenters. The molecule has 0 atom stereocenters. The minimum Gasteiger partial charge on any atom is -0.183 e. The molecule has 0 radical (unpaired) electrons. The second kappa shape index (κ2) is 20.2. The Labute approximate surface area is 322 Å². The molecule has 0 aromatic heterocycles. The van der Waals surface area contributed by atoms with Gasteiger partial charge in [-0.1, -0.05) is 193 Å². The zero-order valence-corrected chi connectivity index (χ0v) is 31.4. The van der Waals surface area contributed by atoms with Crippen molar-refractivity contribution in [1.29, 1.82) is 0 Å². The van der Waals surface area contributed by atoms with Gasteiger partial charge in [0.1, 0.15) is 0 Å². The van der Waals surface area contributed by atoms with Crippen LogP contribution in [0, 0.1) is 6.07 Å². The molecule has 0 amide bonds. The average molecular weight is 844 g/mol. The average Bonchev–Trinajstić information content (AvgIpc) is 3.18. The Hall–Kier alpha value is -4.36. The summed E-state index contributed by atoms with van der Waals surface area (Å²) < 4.78 is 71.8. The summed E-state index contributed by atoms with van der Waals surface area (Å²) in [5.74, 6) is 0. The molecule has 7 rings (SSSR count). The van der Waals surface area contributed by atoms with Gasteiger partial charge in [-0.2, -0.15) is 44.5 Å². The number of alkyl halides is 6. The van der Waals surface area contributed by atoms with Crippen molar-refractivity contribution in [3.63, 3.8) is 0 Å². The summed E-state index contributed by atoms with van der Waals surface area (Å²) in [6.45, 7) is 0. The predicted molar refractivity (Wildman–Crippen MR) is 206 cm³/mol. The summed E-state index contributed by atoms with van der Waals surface area (Å²) >= 11 is 0. The first-order valence-corrected chi connectivity index (χ1v) is 18.9. The smallest absolute Gasteiger partial charge is 0.183 e. The van der Waals surface area contributed by atoms with Gasteiger partial charge in [-0.05, 0) is 47.7 Å². The van der Waals surface area contributed by atoms with Gasteiger partial charge in [0, 0.05) is 20.4 Å². The van der Waals surface area contributed by atoms with E-state index in [9.17, 15) is 26.3 Å². The molecule has 272 valence electrons. The van der Waals surface area contributed by atoms with Crippen LogP contribution in [0.5, 0.6) is 0 Å². The maximum atomic E-state index is 12.0. The molecule has 0 nitrogen and oxygen atoms in total. The molecule has 7 aromatic carbocycles. The molecule has 0 bridgehead atoms. The summed E-state index contributed by atoms with van der Waals surface area (Å²) in [4.78, 5) is 0. The van der Waals surface area contributed by atoms with Gasteiger partial charge in [-0.25, -0.2) is 0 Å². The molecular weight excluding hydrogens is 811 g/mol. The summed E-state index contributed by atoms with van der Waals surface area (Å²) in [5, 5.41) is 8.39. The third-order valence-corrected chi connectivity index (χ3v) is 12.4. The van der Waals surface area contributed by atoms with Gasteiger partial charge in [0.25, 0.3) is 0 Å². The van der Waals surface area contributed by atoms with E-state index >= 15 is 0 Å². The Balaban J connectivity index is 0.000000179. The summed E-state index contributed by atoms with van der Waals surface area (Å²) in [6, 6.07) is 67.4. The number of hydrogen-bond donors (Lipinski definition) is 0. The summed E-state index contributed by atoms with van der Waals surface area (Å²) in [5.41, 5.74) is -2.71. The Kier molecular flexibility index (Phi) is 15.8. The molecule has 0 aliphatic carbocycles. The van der Waals surface area contributed by atoms with Crippen LogP contribution in [-0.2, 0) is 32.8 Å².